The van der Waals surface area contributed by atoms with Crippen molar-refractivity contribution >= 4 is 0 Å². The molecule has 0 N–H and O–H groups in total. The molecule has 2 heteroatoms. The molecule has 2 aliphatic rings. The molecule has 3 atom stereocenters. The Kier molecular flexibility index (Phi) is 1.69. The molecule has 0 saturated carbocycles. The minimum Gasteiger partial charge on any atom is -0.344 e. The minimum absolute atomic E-state index is 0.233. The van der Waals surface area contributed by atoms with Gasteiger partial charge in [0.05, 0.1) is 12.2 Å². The first-order valence-electron chi connectivity index (χ1n) is 4.59. The van der Waals surface area contributed by atoms with E-state index >= 15 is 0 Å². The molecule has 2 aliphatic heterocycles. The van der Waals surface area contributed by atoms with Gasteiger partial charge >= 0.3 is 0 Å². The van der Waals surface area contributed by atoms with Gasteiger partial charge in [-0.15, -0.1) is 0 Å². The van der Waals surface area contributed by atoms with Gasteiger partial charge in [0.15, 0.2) is 5.79 Å². The Balaban J connectivity index is 2.10. The molecule has 64 valence electrons. The highest BCUT2D eigenvalue weighted by atomic mass is 16.8. The van der Waals surface area contributed by atoms with Crippen molar-refractivity contribution in [2.75, 3.05) is 0 Å². The average Bonchev–Trinajstić information content (AvgIpc) is 2.21. The standard InChI is InChI=1S/C9H16O2/c1-3-7-8-5-4-6-9(2,10-7)11-8/h7-8H,3-6H2,1-2H3/t7-,8+,9-/m1/s1. The largest absolute Gasteiger partial charge is 0.344 e. The molecule has 0 amide bonds. The summed E-state index contributed by atoms with van der Waals surface area (Å²) in [6.07, 6.45) is 5.35. The second-order valence-corrected chi connectivity index (χ2v) is 3.75. The SMILES string of the molecule is CC[C@H]1O[C@@]2(C)CCC[C@@H]1O2. The van der Waals surface area contributed by atoms with Crippen LogP contribution in [0.3, 0.4) is 0 Å². The maximum absolute atomic E-state index is 5.80. The van der Waals surface area contributed by atoms with Crippen molar-refractivity contribution in [2.45, 2.75) is 57.5 Å². The zero-order valence-electron chi connectivity index (χ0n) is 7.30. The van der Waals surface area contributed by atoms with Crippen LogP contribution in [0, 0.1) is 0 Å². The number of fused-ring (bicyclic) bond motifs is 2. The van der Waals surface area contributed by atoms with E-state index in [1.54, 1.807) is 0 Å². The van der Waals surface area contributed by atoms with Crippen LogP contribution < -0.4 is 0 Å². The van der Waals surface area contributed by atoms with Crippen molar-refractivity contribution in [2.24, 2.45) is 0 Å². The molecule has 0 aromatic rings. The third kappa shape index (κ3) is 1.18. The average molecular weight is 156 g/mol. The van der Waals surface area contributed by atoms with Crippen molar-refractivity contribution < 1.29 is 9.47 Å². The predicted octanol–water partition coefficient (Wildman–Crippen LogP) is 2.08. The Labute approximate surface area is 67.9 Å². The molecule has 0 aromatic heterocycles. The number of hydrogen-bond donors (Lipinski definition) is 0. The third-order valence-electron chi connectivity index (χ3n) is 2.74. The maximum Gasteiger partial charge on any atom is 0.166 e. The summed E-state index contributed by atoms with van der Waals surface area (Å²) in [7, 11) is 0. The van der Waals surface area contributed by atoms with E-state index in [4.69, 9.17) is 9.47 Å². The van der Waals surface area contributed by atoms with Crippen molar-refractivity contribution in [3.63, 3.8) is 0 Å². The van der Waals surface area contributed by atoms with E-state index in [0.29, 0.717) is 12.2 Å². The Morgan fingerprint density at radius 2 is 2.27 bits per heavy atom. The Bertz CT molecular complexity index is 158. The predicted molar refractivity (Wildman–Crippen MR) is 42.3 cm³/mol. The van der Waals surface area contributed by atoms with Crippen LogP contribution in [-0.2, 0) is 9.47 Å². The monoisotopic (exact) mass is 156 g/mol. The summed E-state index contributed by atoms with van der Waals surface area (Å²) in [5.41, 5.74) is 0. The number of rotatable bonds is 1. The molecule has 0 aliphatic carbocycles. The highest BCUT2D eigenvalue weighted by Gasteiger charge is 2.45. The lowest BCUT2D eigenvalue weighted by atomic mass is 10.0. The van der Waals surface area contributed by atoms with Gasteiger partial charge in [0.2, 0.25) is 0 Å². The summed E-state index contributed by atoms with van der Waals surface area (Å²) in [5, 5.41) is 0. The summed E-state index contributed by atoms with van der Waals surface area (Å²) in [6, 6.07) is 0. The molecular weight excluding hydrogens is 140 g/mol. The van der Waals surface area contributed by atoms with Gasteiger partial charge in [0.25, 0.3) is 0 Å². The first-order chi connectivity index (χ1) is 5.23. The van der Waals surface area contributed by atoms with Gasteiger partial charge in [0, 0.05) is 6.42 Å². The molecule has 2 bridgehead atoms. The van der Waals surface area contributed by atoms with Crippen LogP contribution in [0.5, 0.6) is 0 Å². The van der Waals surface area contributed by atoms with E-state index in [1.165, 1.54) is 12.8 Å². The van der Waals surface area contributed by atoms with Crippen LogP contribution in [0.1, 0.15) is 39.5 Å². The van der Waals surface area contributed by atoms with Crippen molar-refractivity contribution in [3.8, 4) is 0 Å². The zero-order chi connectivity index (χ0) is 7.90. The second-order valence-electron chi connectivity index (χ2n) is 3.75. The van der Waals surface area contributed by atoms with Crippen molar-refractivity contribution in [1.29, 1.82) is 0 Å². The number of hydrogen-bond acceptors (Lipinski definition) is 2. The molecular formula is C9H16O2. The second kappa shape index (κ2) is 2.46. The smallest absolute Gasteiger partial charge is 0.166 e. The van der Waals surface area contributed by atoms with Crippen molar-refractivity contribution in [3.05, 3.63) is 0 Å². The first-order valence-corrected chi connectivity index (χ1v) is 4.59. The van der Waals surface area contributed by atoms with E-state index in [9.17, 15) is 0 Å². The fraction of sp³-hybridized carbons (Fsp3) is 1.00. The first kappa shape index (κ1) is 7.56. The van der Waals surface area contributed by atoms with Crippen LogP contribution in [0.2, 0.25) is 0 Å². The third-order valence-corrected chi connectivity index (χ3v) is 2.74. The molecule has 0 unspecified atom stereocenters. The lowest BCUT2D eigenvalue weighted by Gasteiger charge is -2.26. The minimum atomic E-state index is -0.233. The Morgan fingerprint density at radius 3 is 2.91 bits per heavy atom. The summed E-state index contributed by atoms with van der Waals surface area (Å²) in [4.78, 5) is 0. The highest BCUT2D eigenvalue weighted by molar-refractivity contribution is 4.87. The molecule has 0 spiro atoms. The fourth-order valence-electron chi connectivity index (χ4n) is 2.15. The molecule has 2 nitrogen and oxygen atoms in total. The Morgan fingerprint density at radius 1 is 1.45 bits per heavy atom. The normalized spacial score (nSPS) is 49.6. The van der Waals surface area contributed by atoms with Crippen LogP contribution in [0.4, 0.5) is 0 Å². The lowest BCUT2D eigenvalue weighted by molar-refractivity contribution is -0.179. The summed E-state index contributed by atoms with van der Waals surface area (Å²) in [5.74, 6) is -0.233. The number of ether oxygens (including phenoxy) is 2. The van der Waals surface area contributed by atoms with Gasteiger partial charge in [-0.05, 0) is 26.2 Å². The molecule has 11 heavy (non-hydrogen) atoms. The highest BCUT2D eigenvalue weighted by Crippen LogP contribution is 2.40. The van der Waals surface area contributed by atoms with Gasteiger partial charge in [-0.3, -0.25) is 0 Å². The van der Waals surface area contributed by atoms with Gasteiger partial charge in [-0.1, -0.05) is 6.92 Å². The quantitative estimate of drug-likeness (QED) is 0.578. The van der Waals surface area contributed by atoms with Crippen LogP contribution in [0.25, 0.3) is 0 Å². The van der Waals surface area contributed by atoms with Gasteiger partial charge in [-0.25, -0.2) is 0 Å². The summed E-state index contributed by atoms with van der Waals surface area (Å²) >= 11 is 0. The van der Waals surface area contributed by atoms with Gasteiger partial charge in [-0.2, -0.15) is 0 Å². The van der Waals surface area contributed by atoms with Gasteiger partial charge < -0.3 is 9.47 Å². The molecule has 0 radical (unpaired) electrons. The van der Waals surface area contributed by atoms with E-state index in [0.717, 1.165) is 12.8 Å². The summed E-state index contributed by atoms with van der Waals surface area (Å²) in [6.45, 7) is 4.23. The van der Waals surface area contributed by atoms with Crippen LogP contribution in [0.15, 0.2) is 0 Å². The maximum atomic E-state index is 5.80. The molecule has 2 fully saturated rings. The van der Waals surface area contributed by atoms with E-state index in [2.05, 4.69) is 13.8 Å². The topological polar surface area (TPSA) is 18.5 Å². The lowest BCUT2D eigenvalue weighted by Crippen LogP contribution is -2.30. The molecule has 2 heterocycles. The van der Waals surface area contributed by atoms with E-state index < -0.39 is 0 Å². The van der Waals surface area contributed by atoms with Crippen molar-refractivity contribution in [1.82, 2.24) is 0 Å². The zero-order valence-corrected chi connectivity index (χ0v) is 7.30. The van der Waals surface area contributed by atoms with E-state index in [1.807, 2.05) is 0 Å². The van der Waals surface area contributed by atoms with Crippen LogP contribution >= 0.6 is 0 Å². The van der Waals surface area contributed by atoms with Crippen LogP contribution in [-0.4, -0.2) is 18.0 Å². The summed E-state index contributed by atoms with van der Waals surface area (Å²) < 4.78 is 11.6. The molecule has 2 rings (SSSR count). The fourth-order valence-corrected chi connectivity index (χ4v) is 2.15. The Hall–Kier alpha value is -0.0800. The van der Waals surface area contributed by atoms with E-state index in [-0.39, 0.29) is 5.79 Å². The molecule has 0 aromatic carbocycles. The van der Waals surface area contributed by atoms with Gasteiger partial charge in [0.1, 0.15) is 0 Å². The molecule has 2 saturated heterocycles.